The summed E-state index contributed by atoms with van der Waals surface area (Å²) in [7, 11) is 0. The number of nitrogens with zero attached hydrogens (tertiary/aromatic N) is 2. The van der Waals surface area contributed by atoms with Crippen LogP contribution in [0.3, 0.4) is 0 Å². The molecule has 0 saturated heterocycles. The van der Waals surface area contributed by atoms with Crippen molar-refractivity contribution in [3.63, 3.8) is 0 Å². The number of aromatic nitrogens is 2. The molecule has 3 aromatic rings. The fraction of sp³-hybridized carbons (Fsp3) is 0.0588. The van der Waals surface area contributed by atoms with Crippen LogP contribution in [0.4, 0.5) is 5.82 Å². The van der Waals surface area contributed by atoms with E-state index in [9.17, 15) is 9.90 Å². The van der Waals surface area contributed by atoms with Crippen molar-refractivity contribution in [2.24, 2.45) is 0 Å². The number of para-hydroxylation sites is 1. The van der Waals surface area contributed by atoms with Gasteiger partial charge in [0.2, 0.25) is 5.78 Å². The quantitative estimate of drug-likeness (QED) is 0.727. The van der Waals surface area contributed by atoms with Gasteiger partial charge in [-0.05, 0) is 31.2 Å². The first kappa shape index (κ1) is 13.9. The third-order valence-electron chi connectivity index (χ3n) is 3.45. The maximum absolute atomic E-state index is 12.6. The molecule has 0 aliphatic heterocycles. The smallest absolute Gasteiger partial charge is 0.202 e. The van der Waals surface area contributed by atoms with Crippen LogP contribution in [0, 0.1) is 6.92 Å². The van der Waals surface area contributed by atoms with E-state index in [1.165, 1.54) is 16.9 Å². The summed E-state index contributed by atoms with van der Waals surface area (Å²) in [5.74, 6) is -0.166. The van der Waals surface area contributed by atoms with Crippen molar-refractivity contribution < 1.29 is 9.90 Å². The Morgan fingerprint density at radius 1 is 1.14 bits per heavy atom. The molecule has 2 aromatic carbocycles. The van der Waals surface area contributed by atoms with E-state index in [1.807, 2.05) is 37.3 Å². The summed E-state index contributed by atoms with van der Waals surface area (Å²) in [5.41, 5.74) is 8.20. The Morgan fingerprint density at radius 2 is 1.86 bits per heavy atom. The average molecular weight is 293 g/mol. The Labute approximate surface area is 127 Å². The summed E-state index contributed by atoms with van der Waals surface area (Å²) in [6, 6.07) is 14.2. The van der Waals surface area contributed by atoms with E-state index in [4.69, 9.17) is 5.73 Å². The fourth-order valence-electron chi connectivity index (χ4n) is 2.28. The van der Waals surface area contributed by atoms with Crippen LogP contribution in [0.1, 0.15) is 21.5 Å². The van der Waals surface area contributed by atoms with Crippen LogP contribution in [-0.2, 0) is 0 Å². The Morgan fingerprint density at radius 3 is 2.59 bits per heavy atom. The van der Waals surface area contributed by atoms with Gasteiger partial charge in [-0.15, -0.1) is 0 Å². The van der Waals surface area contributed by atoms with E-state index >= 15 is 0 Å². The predicted octanol–water partition coefficient (Wildman–Crippen LogP) is 2.70. The number of aryl methyl sites for hydroxylation is 1. The van der Waals surface area contributed by atoms with E-state index < -0.39 is 0 Å². The lowest BCUT2D eigenvalue weighted by molar-refractivity contribution is 0.103. The molecule has 0 unspecified atom stereocenters. The van der Waals surface area contributed by atoms with Crippen molar-refractivity contribution in [2.75, 3.05) is 5.73 Å². The highest BCUT2D eigenvalue weighted by atomic mass is 16.3. The number of nitrogen functional groups attached to an aromatic ring is 1. The van der Waals surface area contributed by atoms with Gasteiger partial charge in [-0.2, -0.15) is 5.10 Å². The monoisotopic (exact) mass is 293 g/mol. The molecule has 0 spiro atoms. The maximum atomic E-state index is 12.6. The van der Waals surface area contributed by atoms with E-state index in [0.717, 1.165) is 11.3 Å². The minimum atomic E-state index is -0.346. The standard InChI is InChI=1S/C17H15N3O2/c1-11-7-8-15(21)13(9-11)16(22)14-10-19-20(17(14)18)12-5-3-2-4-6-12/h2-10,21H,18H2,1H3. The lowest BCUT2D eigenvalue weighted by Crippen LogP contribution is -2.07. The van der Waals surface area contributed by atoms with Crippen LogP contribution in [0.2, 0.25) is 0 Å². The molecule has 0 aliphatic rings. The van der Waals surface area contributed by atoms with E-state index in [-0.39, 0.29) is 28.5 Å². The highest BCUT2D eigenvalue weighted by Gasteiger charge is 2.20. The van der Waals surface area contributed by atoms with Crippen molar-refractivity contribution in [1.29, 1.82) is 0 Å². The normalized spacial score (nSPS) is 10.6. The lowest BCUT2D eigenvalue weighted by Gasteiger charge is -2.06. The van der Waals surface area contributed by atoms with Crippen molar-refractivity contribution in [3.8, 4) is 11.4 Å². The highest BCUT2D eigenvalue weighted by molar-refractivity contribution is 6.13. The largest absolute Gasteiger partial charge is 0.507 e. The molecule has 0 aliphatic carbocycles. The van der Waals surface area contributed by atoms with Gasteiger partial charge < -0.3 is 10.8 Å². The molecule has 5 heteroatoms. The summed E-state index contributed by atoms with van der Waals surface area (Å²) in [6.07, 6.45) is 1.42. The van der Waals surface area contributed by atoms with Crippen molar-refractivity contribution in [2.45, 2.75) is 6.92 Å². The van der Waals surface area contributed by atoms with E-state index in [2.05, 4.69) is 5.10 Å². The second kappa shape index (κ2) is 5.37. The molecule has 1 heterocycles. The molecule has 22 heavy (non-hydrogen) atoms. The number of carbonyl (C=O) groups is 1. The van der Waals surface area contributed by atoms with Crippen LogP contribution in [0.5, 0.6) is 5.75 Å². The molecular weight excluding hydrogens is 278 g/mol. The second-order valence-corrected chi connectivity index (χ2v) is 5.04. The molecule has 1 aromatic heterocycles. The Kier molecular flexibility index (Phi) is 3.39. The second-order valence-electron chi connectivity index (χ2n) is 5.04. The predicted molar refractivity (Wildman–Crippen MR) is 84.3 cm³/mol. The SMILES string of the molecule is Cc1ccc(O)c(C(=O)c2cnn(-c3ccccc3)c2N)c1. The minimum absolute atomic E-state index is 0.0672. The van der Waals surface area contributed by atoms with Gasteiger partial charge in [-0.25, -0.2) is 4.68 Å². The van der Waals surface area contributed by atoms with Gasteiger partial charge in [-0.1, -0.05) is 29.8 Å². The third-order valence-corrected chi connectivity index (χ3v) is 3.45. The van der Waals surface area contributed by atoms with Crippen molar-refractivity contribution in [1.82, 2.24) is 9.78 Å². The molecule has 0 radical (unpaired) electrons. The third kappa shape index (κ3) is 2.33. The van der Waals surface area contributed by atoms with Crippen LogP contribution in [0.25, 0.3) is 5.69 Å². The zero-order chi connectivity index (χ0) is 15.7. The zero-order valence-corrected chi connectivity index (χ0v) is 12.0. The van der Waals surface area contributed by atoms with Gasteiger partial charge in [0, 0.05) is 0 Å². The molecule has 3 N–H and O–H groups in total. The number of hydrogen-bond acceptors (Lipinski definition) is 4. The van der Waals surface area contributed by atoms with Crippen LogP contribution >= 0.6 is 0 Å². The van der Waals surface area contributed by atoms with Crippen LogP contribution < -0.4 is 5.73 Å². The molecule has 0 atom stereocenters. The molecule has 3 rings (SSSR count). The number of nitrogens with two attached hydrogens (primary N) is 1. The summed E-state index contributed by atoms with van der Waals surface area (Å²) in [5, 5.41) is 14.1. The number of ketones is 1. The first-order valence-electron chi connectivity index (χ1n) is 6.81. The molecular formula is C17H15N3O2. The molecule has 5 nitrogen and oxygen atoms in total. The Bertz CT molecular complexity index is 838. The number of anilines is 1. The van der Waals surface area contributed by atoms with Gasteiger partial charge in [0.1, 0.15) is 11.6 Å². The number of aromatic hydroxyl groups is 1. The maximum Gasteiger partial charge on any atom is 0.202 e. The van der Waals surface area contributed by atoms with Gasteiger partial charge in [-0.3, -0.25) is 4.79 Å². The summed E-state index contributed by atoms with van der Waals surface area (Å²) in [4.78, 5) is 12.6. The number of phenolic OH excluding ortho intramolecular Hbond substituents is 1. The van der Waals surface area contributed by atoms with Gasteiger partial charge in [0.05, 0.1) is 23.0 Å². The topological polar surface area (TPSA) is 81.1 Å². The highest BCUT2D eigenvalue weighted by Crippen LogP contribution is 2.25. The Hall–Kier alpha value is -3.08. The number of benzene rings is 2. The molecule has 0 saturated carbocycles. The first-order chi connectivity index (χ1) is 10.6. The number of hydrogen-bond donors (Lipinski definition) is 2. The van der Waals surface area contributed by atoms with Crippen molar-refractivity contribution >= 4 is 11.6 Å². The summed E-state index contributed by atoms with van der Waals surface area (Å²) >= 11 is 0. The van der Waals surface area contributed by atoms with Gasteiger partial charge in [0.15, 0.2) is 0 Å². The van der Waals surface area contributed by atoms with Gasteiger partial charge >= 0.3 is 0 Å². The molecule has 0 bridgehead atoms. The lowest BCUT2D eigenvalue weighted by atomic mass is 10.0. The molecule has 0 fully saturated rings. The number of carbonyl (C=O) groups excluding carboxylic acids is 1. The van der Waals surface area contributed by atoms with E-state index in [1.54, 1.807) is 12.1 Å². The number of phenols is 1. The Balaban J connectivity index is 2.05. The van der Waals surface area contributed by atoms with Crippen LogP contribution in [0.15, 0.2) is 54.7 Å². The summed E-state index contributed by atoms with van der Waals surface area (Å²) in [6.45, 7) is 1.85. The van der Waals surface area contributed by atoms with Crippen LogP contribution in [-0.4, -0.2) is 20.7 Å². The summed E-state index contributed by atoms with van der Waals surface area (Å²) < 4.78 is 1.50. The molecule has 0 amide bonds. The van der Waals surface area contributed by atoms with Crippen molar-refractivity contribution in [3.05, 3.63) is 71.4 Å². The minimum Gasteiger partial charge on any atom is -0.507 e. The van der Waals surface area contributed by atoms with Gasteiger partial charge in [0.25, 0.3) is 0 Å². The average Bonchev–Trinajstić information content (AvgIpc) is 2.91. The first-order valence-corrected chi connectivity index (χ1v) is 6.81. The fourth-order valence-corrected chi connectivity index (χ4v) is 2.28. The number of rotatable bonds is 3. The molecule has 110 valence electrons. The van der Waals surface area contributed by atoms with E-state index in [0.29, 0.717) is 0 Å². The zero-order valence-electron chi connectivity index (χ0n) is 12.0.